The van der Waals surface area contributed by atoms with E-state index in [-0.39, 0.29) is 5.25 Å². The van der Waals surface area contributed by atoms with Gasteiger partial charge in [-0.15, -0.1) is 11.3 Å². The van der Waals surface area contributed by atoms with E-state index in [1.807, 2.05) is 30.3 Å². The first-order valence-electron chi connectivity index (χ1n) is 10.7. The summed E-state index contributed by atoms with van der Waals surface area (Å²) in [5.74, 6) is 1.51. The summed E-state index contributed by atoms with van der Waals surface area (Å²) < 4.78 is 36.9. The second kappa shape index (κ2) is 10.4. The van der Waals surface area contributed by atoms with Crippen molar-refractivity contribution in [3.63, 3.8) is 0 Å². The molecule has 33 heavy (non-hydrogen) atoms. The zero-order valence-electron chi connectivity index (χ0n) is 18.7. The molecule has 0 atom stereocenters. The normalized spacial score (nSPS) is 14.9. The number of piperidine rings is 1. The molecule has 1 fully saturated rings. The molecule has 1 saturated heterocycles. The highest BCUT2D eigenvalue weighted by Gasteiger charge is 2.32. The van der Waals surface area contributed by atoms with Gasteiger partial charge in [0.2, 0.25) is 0 Å². The van der Waals surface area contributed by atoms with Crippen LogP contribution in [0, 0.1) is 0 Å². The van der Waals surface area contributed by atoms with Crippen LogP contribution in [0.15, 0.2) is 52.7 Å². The van der Waals surface area contributed by atoms with Crippen LogP contribution in [0.3, 0.4) is 0 Å². The number of methoxy groups -OCH3 is 2. The molecule has 6 nitrogen and oxygen atoms in total. The number of benzene rings is 2. The van der Waals surface area contributed by atoms with Crippen molar-refractivity contribution in [1.29, 1.82) is 0 Å². The van der Waals surface area contributed by atoms with Crippen molar-refractivity contribution in [3.05, 3.63) is 64.7 Å². The molecule has 0 N–H and O–H groups in total. The van der Waals surface area contributed by atoms with E-state index in [9.17, 15) is 8.42 Å². The number of ether oxygens (including phenoxy) is 2. The topological polar surface area (TPSA) is 68.7 Å². The van der Waals surface area contributed by atoms with Gasteiger partial charge in [0.15, 0.2) is 15.0 Å². The number of aromatic nitrogens is 1. The Morgan fingerprint density at radius 1 is 1.03 bits per heavy atom. The van der Waals surface area contributed by atoms with E-state index in [4.69, 9.17) is 14.5 Å². The van der Waals surface area contributed by atoms with Gasteiger partial charge in [0.05, 0.1) is 30.1 Å². The number of nitrogens with zero attached hydrogens (tertiary/aromatic N) is 2. The van der Waals surface area contributed by atoms with Gasteiger partial charge < -0.3 is 14.4 Å². The van der Waals surface area contributed by atoms with E-state index in [0.717, 1.165) is 33.5 Å². The van der Waals surface area contributed by atoms with Crippen LogP contribution in [-0.4, -0.2) is 46.0 Å². The maximum absolute atomic E-state index is 13.1. The third kappa shape index (κ3) is 5.53. The van der Waals surface area contributed by atoms with Crippen LogP contribution in [0.1, 0.15) is 29.7 Å². The van der Waals surface area contributed by atoms with Crippen LogP contribution in [0.4, 0.5) is 5.13 Å². The first-order valence-corrected chi connectivity index (χ1v) is 14.3. The summed E-state index contributed by atoms with van der Waals surface area (Å²) in [6.45, 7) is 1.37. The van der Waals surface area contributed by atoms with Crippen molar-refractivity contribution in [3.8, 4) is 11.5 Å². The smallest absolute Gasteiger partial charge is 0.185 e. The summed E-state index contributed by atoms with van der Waals surface area (Å²) in [6.07, 6.45) is 1.88. The molecule has 3 aromatic rings. The van der Waals surface area contributed by atoms with Gasteiger partial charge in [-0.3, -0.25) is 0 Å². The van der Waals surface area contributed by atoms with E-state index in [0.29, 0.717) is 42.6 Å². The summed E-state index contributed by atoms with van der Waals surface area (Å²) in [7, 11) is -0.0430. The minimum absolute atomic E-state index is 0.354. The van der Waals surface area contributed by atoms with Crippen LogP contribution in [0.2, 0.25) is 0 Å². The number of hydrogen-bond donors (Lipinski definition) is 0. The second-order valence-electron chi connectivity index (χ2n) is 8.03. The molecular formula is C24H27BrN2O4S2. The van der Waals surface area contributed by atoms with Crippen molar-refractivity contribution in [1.82, 2.24) is 4.98 Å². The fourth-order valence-electron chi connectivity index (χ4n) is 4.02. The quantitative estimate of drug-likeness (QED) is 0.364. The average Bonchev–Trinajstić information content (AvgIpc) is 3.32. The number of thiazole rings is 1. The number of halogens is 1. The molecule has 0 saturated carbocycles. The molecule has 0 radical (unpaired) electrons. The van der Waals surface area contributed by atoms with Crippen molar-refractivity contribution >= 4 is 42.2 Å². The van der Waals surface area contributed by atoms with E-state index >= 15 is 0 Å². The molecule has 1 aliphatic heterocycles. The number of hydrogen-bond acceptors (Lipinski definition) is 7. The van der Waals surface area contributed by atoms with E-state index in [1.54, 1.807) is 37.7 Å². The maximum Gasteiger partial charge on any atom is 0.185 e. The first-order chi connectivity index (χ1) is 15.9. The van der Waals surface area contributed by atoms with Crippen LogP contribution < -0.4 is 14.4 Å². The minimum Gasteiger partial charge on any atom is -0.497 e. The SMILES string of the molecule is COc1cc(Cc2csc(N3CCC(S(=O)(=O)c4ccc(CBr)cc4)CC3)n2)cc(OC)c1. The summed E-state index contributed by atoms with van der Waals surface area (Å²) in [4.78, 5) is 7.42. The molecule has 0 amide bonds. The van der Waals surface area contributed by atoms with Crippen LogP contribution in [0.5, 0.6) is 11.5 Å². The number of anilines is 1. The first kappa shape index (κ1) is 24.0. The third-order valence-electron chi connectivity index (χ3n) is 5.89. The average molecular weight is 552 g/mol. The predicted octanol–water partition coefficient (Wildman–Crippen LogP) is 5.09. The lowest BCUT2D eigenvalue weighted by molar-refractivity contribution is 0.393. The molecule has 176 valence electrons. The number of alkyl halides is 1. The van der Waals surface area contributed by atoms with Gasteiger partial charge in [0, 0.05) is 36.3 Å². The van der Waals surface area contributed by atoms with E-state index < -0.39 is 9.84 Å². The van der Waals surface area contributed by atoms with Gasteiger partial charge in [0.1, 0.15) is 11.5 Å². The summed E-state index contributed by atoms with van der Waals surface area (Å²) >= 11 is 5.00. The zero-order valence-corrected chi connectivity index (χ0v) is 21.9. The number of rotatable bonds is 8. The lowest BCUT2D eigenvalue weighted by atomic mass is 10.1. The lowest BCUT2D eigenvalue weighted by Crippen LogP contribution is -2.39. The molecule has 0 spiro atoms. The molecule has 4 rings (SSSR count). The Balaban J connectivity index is 1.40. The van der Waals surface area contributed by atoms with Gasteiger partial charge in [-0.05, 0) is 48.2 Å². The molecule has 2 heterocycles. The Morgan fingerprint density at radius 3 is 2.24 bits per heavy atom. The molecule has 1 aliphatic rings. The van der Waals surface area contributed by atoms with Crippen LogP contribution in [0.25, 0.3) is 0 Å². The van der Waals surface area contributed by atoms with Crippen molar-refractivity contribution < 1.29 is 17.9 Å². The molecular weight excluding hydrogens is 524 g/mol. The molecule has 0 unspecified atom stereocenters. The molecule has 0 aliphatic carbocycles. The summed E-state index contributed by atoms with van der Waals surface area (Å²) in [5.41, 5.74) is 3.11. The van der Waals surface area contributed by atoms with E-state index in [2.05, 4.69) is 26.2 Å². The molecule has 9 heteroatoms. The van der Waals surface area contributed by atoms with Crippen molar-refractivity contribution in [2.24, 2.45) is 0 Å². The fourth-order valence-corrected chi connectivity index (χ4v) is 7.00. The van der Waals surface area contributed by atoms with Gasteiger partial charge in [-0.1, -0.05) is 28.1 Å². The molecule has 0 bridgehead atoms. The number of sulfone groups is 1. The largest absolute Gasteiger partial charge is 0.497 e. The standard InChI is InChI=1S/C24H27BrN2O4S2/c1-30-20-12-18(13-21(14-20)31-2)11-19-16-32-24(26-19)27-9-7-23(8-10-27)33(28,29)22-5-3-17(15-25)4-6-22/h3-6,12-14,16,23H,7-11,15H2,1-2H3. The Morgan fingerprint density at radius 2 is 1.67 bits per heavy atom. The van der Waals surface area contributed by atoms with Crippen LogP contribution in [-0.2, 0) is 21.6 Å². The van der Waals surface area contributed by atoms with Gasteiger partial charge >= 0.3 is 0 Å². The Labute approximate surface area is 207 Å². The Bertz CT molecular complexity index is 1170. The van der Waals surface area contributed by atoms with Crippen molar-refractivity contribution in [2.75, 3.05) is 32.2 Å². The Kier molecular flexibility index (Phi) is 7.61. The highest BCUT2D eigenvalue weighted by Crippen LogP contribution is 2.31. The predicted molar refractivity (Wildman–Crippen MR) is 136 cm³/mol. The third-order valence-corrected chi connectivity index (χ3v) is 9.77. The molecule has 1 aromatic heterocycles. The lowest BCUT2D eigenvalue weighted by Gasteiger charge is -2.31. The zero-order chi connectivity index (χ0) is 23.4. The van der Waals surface area contributed by atoms with Gasteiger partial charge in [-0.2, -0.15) is 0 Å². The van der Waals surface area contributed by atoms with Crippen LogP contribution >= 0.6 is 27.3 Å². The fraction of sp³-hybridized carbons (Fsp3) is 0.375. The Hall–Kier alpha value is -2.10. The monoisotopic (exact) mass is 550 g/mol. The summed E-state index contributed by atoms with van der Waals surface area (Å²) in [5, 5.41) is 3.37. The highest BCUT2D eigenvalue weighted by atomic mass is 79.9. The molecule has 2 aromatic carbocycles. The van der Waals surface area contributed by atoms with Gasteiger partial charge in [0.25, 0.3) is 0 Å². The maximum atomic E-state index is 13.1. The van der Waals surface area contributed by atoms with Crippen molar-refractivity contribution in [2.45, 2.75) is 34.7 Å². The minimum atomic E-state index is -3.32. The highest BCUT2D eigenvalue weighted by molar-refractivity contribution is 9.08. The second-order valence-corrected chi connectivity index (χ2v) is 11.7. The van der Waals surface area contributed by atoms with E-state index in [1.165, 1.54) is 0 Å². The summed E-state index contributed by atoms with van der Waals surface area (Å²) in [6, 6.07) is 13.0. The van der Waals surface area contributed by atoms with Gasteiger partial charge in [-0.25, -0.2) is 13.4 Å².